The third kappa shape index (κ3) is 2.99. The summed E-state index contributed by atoms with van der Waals surface area (Å²) in [6.07, 6.45) is 5.79. The largest absolute Gasteiger partial charge is 0.492 e. The summed E-state index contributed by atoms with van der Waals surface area (Å²) in [4.78, 5) is 2.37. The lowest BCUT2D eigenvalue weighted by Crippen LogP contribution is -2.07. The van der Waals surface area contributed by atoms with Crippen molar-refractivity contribution in [1.82, 2.24) is 4.57 Å². The molecule has 1 aliphatic carbocycles. The number of hydrogen-bond acceptors (Lipinski definition) is 3. The fourth-order valence-electron chi connectivity index (χ4n) is 3.22. The number of nitrogens with zero attached hydrogens (tertiary/aromatic N) is 1. The first kappa shape index (κ1) is 15.5. The van der Waals surface area contributed by atoms with Crippen molar-refractivity contribution >= 4 is 11.3 Å². The predicted octanol–water partition coefficient (Wildman–Crippen LogP) is 4.45. The van der Waals surface area contributed by atoms with E-state index in [-0.39, 0.29) is 6.10 Å². The minimum atomic E-state index is -0.389. The molecule has 0 bridgehead atoms. The van der Waals surface area contributed by atoms with Gasteiger partial charge in [0.25, 0.3) is 0 Å². The van der Waals surface area contributed by atoms with Gasteiger partial charge in [0.05, 0.1) is 12.6 Å². The Bertz CT molecular complexity index is 833. The number of fused-ring (bicyclic) bond motifs is 3. The van der Waals surface area contributed by atoms with Gasteiger partial charge in [-0.15, -0.1) is 11.3 Å². The minimum Gasteiger partial charge on any atom is -0.492 e. The number of thiophene rings is 1. The van der Waals surface area contributed by atoms with Gasteiger partial charge >= 0.3 is 0 Å². The number of ether oxygens (including phenoxy) is 1. The first-order valence-electron chi connectivity index (χ1n) is 8.38. The van der Waals surface area contributed by atoms with Crippen molar-refractivity contribution in [3.05, 3.63) is 64.8 Å². The van der Waals surface area contributed by atoms with Crippen LogP contribution in [0.1, 0.15) is 29.0 Å². The summed E-state index contributed by atoms with van der Waals surface area (Å²) in [5.41, 5.74) is 4.01. The van der Waals surface area contributed by atoms with Gasteiger partial charge in [0, 0.05) is 22.1 Å². The van der Waals surface area contributed by atoms with E-state index < -0.39 is 0 Å². The zero-order valence-electron chi connectivity index (χ0n) is 13.7. The van der Waals surface area contributed by atoms with E-state index in [9.17, 15) is 5.11 Å². The van der Waals surface area contributed by atoms with Crippen molar-refractivity contribution < 1.29 is 9.84 Å². The Hall–Kier alpha value is -2.04. The van der Waals surface area contributed by atoms with Crippen LogP contribution >= 0.6 is 11.3 Å². The Kier molecular flexibility index (Phi) is 4.17. The van der Waals surface area contributed by atoms with Crippen molar-refractivity contribution in [2.75, 3.05) is 6.61 Å². The highest BCUT2D eigenvalue weighted by Gasteiger charge is 2.21. The lowest BCUT2D eigenvalue weighted by atomic mass is 9.91. The summed E-state index contributed by atoms with van der Waals surface area (Å²) in [6.45, 7) is 3.36. The van der Waals surface area contributed by atoms with Gasteiger partial charge in [0.1, 0.15) is 12.4 Å². The number of aliphatic hydroxyl groups is 1. The Morgan fingerprint density at radius 3 is 2.75 bits per heavy atom. The van der Waals surface area contributed by atoms with Crippen molar-refractivity contribution in [2.24, 2.45) is 0 Å². The number of aromatic nitrogens is 1. The summed E-state index contributed by atoms with van der Waals surface area (Å²) in [5.74, 6) is 0.941. The second kappa shape index (κ2) is 6.46. The smallest absolute Gasteiger partial charge is 0.119 e. The van der Waals surface area contributed by atoms with Crippen LogP contribution in [-0.2, 0) is 19.4 Å². The topological polar surface area (TPSA) is 34.4 Å². The molecular weight excluding hydrogens is 318 g/mol. The molecule has 1 atom stereocenters. The molecule has 3 aromatic rings. The van der Waals surface area contributed by atoms with E-state index in [0.717, 1.165) is 30.0 Å². The third-order valence-corrected chi connectivity index (χ3v) is 5.89. The van der Waals surface area contributed by atoms with E-state index in [0.29, 0.717) is 6.61 Å². The average molecular weight is 339 g/mol. The van der Waals surface area contributed by atoms with Crippen LogP contribution in [0.25, 0.3) is 10.4 Å². The number of hydrogen-bond donors (Lipinski definition) is 1. The maximum Gasteiger partial charge on any atom is 0.119 e. The maximum absolute atomic E-state index is 9.83. The van der Waals surface area contributed by atoms with Gasteiger partial charge in [-0.25, -0.2) is 0 Å². The summed E-state index contributed by atoms with van der Waals surface area (Å²) >= 11 is 1.71. The average Bonchev–Trinajstić information content (AvgIpc) is 3.23. The van der Waals surface area contributed by atoms with Crippen molar-refractivity contribution in [3.8, 4) is 16.2 Å². The molecule has 124 valence electrons. The van der Waals surface area contributed by atoms with Gasteiger partial charge in [0.15, 0.2) is 0 Å². The molecule has 4 rings (SSSR count). The van der Waals surface area contributed by atoms with Crippen LogP contribution in [-0.4, -0.2) is 16.3 Å². The molecule has 1 aromatic carbocycles. The predicted molar refractivity (Wildman–Crippen MR) is 97.7 cm³/mol. The van der Waals surface area contributed by atoms with Gasteiger partial charge in [0.2, 0.25) is 0 Å². The standard InChI is InChI=1S/C20H21NO2S/c1-14(22)19-13-16-5-4-15-12-17(6-7-18(15)20(16)24-19)23-11-10-21-8-2-3-9-21/h2-3,6-9,12-14,22H,4-5,10-11H2,1H3. The van der Waals surface area contributed by atoms with E-state index in [1.165, 1.54) is 21.6 Å². The molecule has 1 unspecified atom stereocenters. The number of aliphatic hydroxyl groups excluding tert-OH is 1. The van der Waals surface area contributed by atoms with E-state index in [4.69, 9.17) is 4.74 Å². The van der Waals surface area contributed by atoms with Gasteiger partial charge in [-0.1, -0.05) is 0 Å². The highest BCUT2D eigenvalue weighted by atomic mass is 32.1. The Labute approximate surface area is 146 Å². The summed E-state index contributed by atoms with van der Waals surface area (Å²) < 4.78 is 8.04. The van der Waals surface area contributed by atoms with E-state index >= 15 is 0 Å². The Morgan fingerprint density at radius 1 is 1.17 bits per heavy atom. The third-order valence-electron chi connectivity index (χ3n) is 4.51. The van der Waals surface area contributed by atoms with E-state index in [1.54, 1.807) is 11.3 Å². The molecule has 0 spiro atoms. The van der Waals surface area contributed by atoms with E-state index in [1.807, 2.05) is 31.5 Å². The Morgan fingerprint density at radius 2 is 1.96 bits per heavy atom. The van der Waals surface area contributed by atoms with Crippen LogP contribution in [0.2, 0.25) is 0 Å². The minimum absolute atomic E-state index is 0.389. The quantitative estimate of drug-likeness (QED) is 0.745. The Balaban J connectivity index is 1.51. The lowest BCUT2D eigenvalue weighted by Gasteiger charge is -2.17. The highest BCUT2D eigenvalue weighted by Crippen LogP contribution is 2.42. The second-order valence-electron chi connectivity index (χ2n) is 6.27. The molecule has 24 heavy (non-hydrogen) atoms. The second-order valence-corrected chi connectivity index (χ2v) is 7.35. The number of aryl methyl sites for hydroxylation is 2. The molecule has 4 heteroatoms. The highest BCUT2D eigenvalue weighted by molar-refractivity contribution is 7.15. The van der Waals surface area contributed by atoms with E-state index in [2.05, 4.69) is 28.8 Å². The van der Waals surface area contributed by atoms with Crippen LogP contribution in [0.5, 0.6) is 5.75 Å². The fourth-order valence-corrected chi connectivity index (χ4v) is 4.42. The molecular formula is C20H21NO2S. The molecule has 0 fully saturated rings. The molecule has 0 saturated heterocycles. The maximum atomic E-state index is 9.83. The monoisotopic (exact) mass is 339 g/mol. The molecule has 0 radical (unpaired) electrons. The lowest BCUT2D eigenvalue weighted by molar-refractivity contribution is 0.203. The van der Waals surface area contributed by atoms with Crippen LogP contribution < -0.4 is 4.74 Å². The van der Waals surface area contributed by atoms with Gasteiger partial charge in [-0.3, -0.25) is 0 Å². The number of benzene rings is 1. The molecule has 2 aromatic heterocycles. The van der Waals surface area contributed by atoms with Crippen molar-refractivity contribution in [2.45, 2.75) is 32.4 Å². The van der Waals surface area contributed by atoms with Gasteiger partial charge in [-0.2, -0.15) is 0 Å². The molecule has 1 aliphatic rings. The normalized spacial score (nSPS) is 14.1. The summed E-state index contributed by atoms with van der Waals surface area (Å²) in [6, 6.07) is 12.6. The van der Waals surface area contributed by atoms with Gasteiger partial charge in [-0.05, 0) is 72.9 Å². The summed E-state index contributed by atoms with van der Waals surface area (Å²) in [7, 11) is 0. The van der Waals surface area contributed by atoms with Crippen LogP contribution in [0.15, 0.2) is 48.8 Å². The SMILES string of the molecule is CC(O)c1cc2c(s1)-c1ccc(OCCn3cccc3)cc1CC2. The van der Waals surface area contributed by atoms with Crippen LogP contribution in [0.4, 0.5) is 0 Å². The first-order chi connectivity index (χ1) is 11.7. The van der Waals surface area contributed by atoms with Crippen molar-refractivity contribution in [3.63, 3.8) is 0 Å². The molecule has 0 aliphatic heterocycles. The van der Waals surface area contributed by atoms with Crippen molar-refractivity contribution in [1.29, 1.82) is 0 Å². The zero-order valence-corrected chi connectivity index (χ0v) is 14.6. The fraction of sp³-hybridized carbons (Fsp3) is 0.300. The molecule has 3 nitrogen and oxygen atoms in total. The number of rotatable bonds is 5. The van der Waals surface area contributed by atoms with Crippen LogP contribution in [0, 0.1) is 0 Å². The zero-order chi connectivity index (χ0) is 16.5. The summed E-state index contributed by atoms with van der Waals surface area (Å²) in [5, 5.41) is 9.83. The molecule has 2 heterocycles. The molecule has 0 saturated carbocycles. The molecule has 1 N–H and O–H groups in total. The van der Waals surface area contributed by atoms with Crippen LogP contribution in [0.3, 0.4) is 0 Å². The van der Waals surface area contributed by atoms with Gasteiger partial charge < -0.3 is 14.4 Å². The first-order valence-corrected chi connectivity index (χ1v) is 9.20. The molecule has 0 amide bonds.